The highest BCUT2D eigenvalue weighted by atomic mass is 19.1. The monoisotopic (exact) mass is 193 g/mol. The third-order valence-corrected chi connectivity index (χ3v) is 2.37. The van der Waals surface area contributed by atoms with Crippen LogP contribution in [-0.2, 0) is 0 Å². The second kappa shape index (κ2) is 4.21. The molecule has 2 nitrogen and oxygen atoms in total. The van der Waals surface area contributed by atoms with E-state index in [0.717, 1.165) is 5.56 Å². The molecular weight excluding hydrogens is 181 g/mol. The van der Waals surface area contributed by atoms with Gasteiger partial charge < -0.3 is 5.11 Å². The van der Waals surface area contributed by atoms with Gasteiger partial charge in [-0.15, -0.1) is 0 Å². The predicted octanol–water partition coefficient (Wildman–Crippen LogP) is 2.10. The molecule has 14 heavy (non-hydrogen) atoms. The summed E-state index contributed by atoms with van der Waals surface area (Å²) in [5.74, 6) is -0.568. The van der Waals surface area contributed by atoms with Gasteiger partial charge in [0, 0.05) is 12.5 Å². The second-order valence-electron chi connectivity index (χ2n) is 3.33. The maximum atomic E-state index is 13.1. The summed E-state index contributed by atoms with van der Waals surface area (Å²) in [5.41, 5.74) is 1.52. The Morgan fingerprint density at radius 1 is 1.57 bits per heavy atom. The van der Waals surface area contributed by atoms with Gasteiger partial charge in [-0.25, -0.2) is 4.39 Å². The van der Waals surface area contributed by atoms with E-state index in [9.17, 15) is 4.39 Å². The van der Waals surface area contributed by atoms with Gasteiger partial charge in [-0.3, -0.25) is 0 Å². The Balaban J connectivity index is 3.30. The molecule has 0 bridgehead atoms. The molecule has 0 amide bonds. The standard InChI is InChI=1S/C11H12FNO/c1-7(6-14)9-3-4-11(12)10(5-13)8(9)2/h3-4,7,14H,6H2,1-2H3. The predicted molar refractivity (Wildman–Crippen MR) is 51.4 cm³/mol. The van der Waals surface area contributed by atoms with Crippen molar-refractivity contribution in [1.82, 2.24) is 0 Å². The van der Waals surface area contributed by atoms with Crippen LogP contribution in [0.3, 0.4) is 0 Å². The van der Waals surface area contributed by atoms with E-state index in [0.29, 0.717) is 5.56 Å². The van der Waals surface area contributed by atoms with Crippen molar-refractivity contribution in [3.05, 3.63) is 34.6 Å². The zero-order valence-electron chi connectivity index (χ0n) is 8.21. The zero-order chi connectivity index (χ0) is 10.7. The van der Waals surface area contributed by atoms with Gasteiger partial charge in [0.25, 0.3) is 0 Å². The average Bonchev–Trinajstić information content (AvgIpc) is 2.18. The number of aliphatic hydroxyl groups is 1. The summed E-state index contributed by atoms with van der Waals surface area (Å²) in [7, 11) is 0. The van der Waals surface area contributed by atoms with Gasteiger partial charge in [-0.1, -0.05) is 13.0 Å². The first-order chi connectivity index (χ1) is 6.61. The fourth-order valence-electron chi connectivity index (χ4n) is 1.46. The topological polar surface area (TPSA) is 44.0 Å². The van der Waals surface area contributed by atoms with Crippen LogP contribution in [0.1, 0.15) is 29.5 Å². The summed E-state index contributed by atoms with van der Waals surface area (Å²) in [5, 5.41) is 17.7. The molecule has 0 radical (unpaired) electrons. The normalized spacial score (nSPS) is 12.2. The van der Waals surface area contributed by atoms with Crippen LogP contribution in [0.5, 0.6) is 0 Å². The number of benzene rings is 1. The highest BCUT2D eigenvalue weighted by molar-refractivity contribution is 5.44. The van der Waals surface area contributed by atoms with Crippen molar-refractivity contribution >= 4 is 0 Å². The Morgan fingerprint density at radius 3 is 2.71 bits per heavy atom. The maximum absolute atomic E-state index is 13.1. The number of nitriles is 1. The van der Waals surface area contributed by atoms with E-state index in [1.165, 1.54) is 6.07 Å². The number of aliphatic hydroxyl groups excluding tert-OH is 1. The van der Waals surface area contributed by atoms with E-state index < -0.39 is 5.82 Å². The molecular formula is C11H12FNO. The summed E-state index contributed by atoms with van der Waals surface area (Å²) in [4.78, 5) is 0. The number of hydrogen-bond donors (Lipinski definition) is 1. The lowest BCUT2D eigenvalue weighted by atomic mass is 9.94. The molecule has 0 aliphatic heterocycles. The lowest BCUT2D eigenvalue weighted by Crippen LogP contribution is -2.04. The molecule has 1 N–H and O–H groups in total. The van der Waals surface area contributed by atoms with Crippen LogP contribution < -0.4 is 0 Å². The average molecular weight is 193 g/mol. The van der Waals surface area contributed by atoms with E-state index in [4.69, 9.17) is 10.4 Å². The van der Waals surface area contributed by atoms with Crippen LogP contribution >= 0.6 is 0 Å². The molecule has 1 aromatic carbocycles. The maximum Gasteiger partial charge on any atom is 0.141 e. The Hall–Kier alpha value is -1.40. The van der Waals surface area contributed by atoms with Crippen LogP contribution in [0.4, 0.5) is 4.39 Å². The van der Waals surface area contributed by atoms with Crippen LogP contribution in [0.15, 0.2) is 12.1 Å². The van der Waals surface area contributed by atoms with Crippen molar-refractivity contribution in [2.45, 2.75) is 19.8 Å². The summed E-state index contributed by atoms with van der Waals surface area (Å²) in [6.07, 6.45) is 0. The molecule has 0 saturated carbocycles. The van der Waals surface area contributed by atoms with Crippen molar-refractivity contribution in [3.8, 4) is 6.07 Å². The molecule has 3 heteroatoms. The zero-order valence-corrected chi connectivity index (χ0v) is 8.21. The van der Waals surface area contributed by atoms with Crippen molar-refractivity contribution in [2.24, 2.45) is 0 Å². The van der Waals surface area contributed by atoms with Gasteiger partial charge >= 0.3 is 0 Å². The quantitative estimate of drug-likeness (QED) is 0.781. The lowest BCUT2D eigenvalue weighted by molar-refractivity contribution is 0.272. The fraction of sp³-hybridized carbons (Fsp3) is 0.364. The summed E-state index contributed by atoms with van der Waals surface area (Å²) >= 11 is 0. The van der Waals surface area contributed by atoms with E-state index >= 15 is 0 Å². The molecule has 0 aliphatic carbocycles. The highest BCUT2D eigenvalue weighted by Gasteiger charge is 2.13. The van der Waals surface area contributed by atoms with Crippen molar-refractivity contribution in [1.29, 1.82) is 5.26 Å². The number of halogens is 1. The molecule has 0 fully saturated rings. The van der Waals surface area contributed by atoms with Crippen LogP contribution in [0.2, 0.25) is 0 Å². The summed E-state index contributed by atoms with van der Waals surface area (Å²) < 4.78 is 13.1. The Bertz CT molecular complexity index is 382. The van der Waals surface area contributed by atoms with Crippen molar-refractivity contribution in [2.75, 3.05) is 6.61 Å². The first-order valence-corrected chi connectivity index (χ1v) is 4.41. The van der Waals surface area contributed by atoms with Crippen LogP contribution in [0.25, 0.3) is 0 Å². The largest absolute Gasteiger partial charge is 0.396 e. The van der Waals surface area contributed by atoms with E-state index in [1.54, 1.807) is 13.0 Å². The van der Waals surface area contributed by atoms with E-state index in [1.807, 2.05) is 13.0 Å². The molecule has 1 atom stereocenters. The third-order valence-electron chi connectivity index (χ3n) is 2.37. The molecule has 1 aromatic rings. The van der Waals surface area contributed by atoms with Gasteiger partial charge in [0.1, 0.15) is 11.9 Å². The molecule has 0 heterocycles. The molecule has 0 saturated heterocycles. The minimum atomic E-state index is -0.501. The van der Waals surface area contributed by atoms with Crippen LogP contribution in [-0.4, -0.2) is 11.7 Å². The SMILES string of the molecule is Cc1c(C(C)CO)ccc(F)c1C#N. The van der Waals surface area contributed by atoms with E-state index in [2.05, 4.69) is 0 Å². The fourth-order valence-corrected chi connectivity index (χ4v) is 1.46. The number of hydrogen-bond acceptors (Lipinski definition) is 2. The summed E-state index contributed by atoms with van der Waals surface area (Å²) in [6.45, 7) is 3.53. The van der Waals surface area contributed by atoms with Gasteiger partial charge in [0.15, 0.2) is 0 Å². The van der Waals surface area contributed by atoms with Gasteiger partial charge in [0.05, 0.1) is 5.56 Å². The van der Waals surface area contributed by atoms with Gasteiger partial charge in [0.2, 0.25) is 0 Å². The third kappa shape index (κ3) is 1.75. The number of rotatable bonds is 2. The van der Waals surface area contributed by atoms with E-state index in [-0.39, 0.29) is 18.1 Å². The smallest absolute Gasteiger partial charge is 0.141 e. The van der Waals surface area contributed by atoms with Crippen LogP contribution in [0, 0.1) is 24.1 Å². The Kier molecular flexibility index (Phi) is 3.21. The highest BCUT2D eigenvalue weighted by Crippen LogP contribution is 2.23. The minimum Gasteiger partial charge on any atom is -0.396 e. The second-order valence-corrected chi connectivity index (χ2v) is 3.33. The molecule has 0 aromatic heterocycles. The molecule has 0 aliphatic rings. The molecule has 1 unspecified atom stereocenters. The molecule has 1 rings (SSSR count). The van der Waals surface area contributed by atoms with Gasteiger partial charge in [-0.05, 0) is 24.1 Å². The first kappa shape index (κ1) is 10.7. The number of nitrogens with zero attached hydrogens (tertiary/aromatic N) is 1. The van der Waals surface area contributed by atoms with Crippen molar-refractivity contribution < 1.29 is 9.50 Å². The molecule has 0 spiro atoms. The lowest BCUT2D eigenvalue weighted by Gasteiger charge is -2.12. The minimum absolute atomic E-state index is 0.00264. The Labute approximate surface area is 82.6 Å². The Morgan fingerprint density at radius 2 is 2.21 bits per heavy atom. The first-order valence-electron chi connectivity index (χ1n) is 4.41. The van der Waals surface area contributed by atoms with Crippen molar-refractivity contribution in [3.63, 3.8) is 0 Å². The summed E-state index contributed by atoms with van der Waals surface area (Å²) in [6, 6.07) is 4.71. The molecule has 74 valence electrons. The van der Waals surface area contributed by atoms with Gasteiger partial charge in [-0.2, -0.15) is 5.26 Å².